The first kappa shape index (κ1) is 14.3. The van der Waals surface area contributed by atoms with Crippen LogP contribution in [-0.4, -0.2) is 37.0 Å². The van der Waals surface area contributed by atoms with Crippen LogP contribution in [0.15, 0.2) is 24.3 Å². The zero-order valence-corrected chi connectivity index (χ0v) is 11.6. The van der Waals surface area contributed by atoms with E-state index in [9.17, 15) is 9.59 Å². The van der Waals surface area contributed by atoms with E-state index >= 15 is 0 Å². The molecule has 6 nitrogen and oxygen atoms in total. The summed E-state index contributed by atoms with van der Waals surface area (Å²) in [5.41, 5.74) is 5.96. The molecule has 20 heavy (non-hydrogen) atoms. The van der Waals surface area contributed by atoms with Gasteiger partial charge in [0, 0.05) is 6.04 Å². The van der Waals surface area contributed by atoms with Gasteiger partial charge in [-0.2, -0.15) is 0 Å². The molecule has 2 amide bonds. The lowest BCUT2D eigenvalue weighted by Crippen LogP contribution is -2.51. The van der Waals surface area contributed by atoms with Gasteiger partial charge in [0.1, 0.15) is 5.75 Å². The van der Waals surface area contributed by atoms with E-state index in [1.165, 1.54) is 0 Å². The quantitative estimate of drug-likeness (QED) is 0.827. The zero-order chi connectivity index (χ0) is 14.7. The van der Waals surface area contributed by atoms with Crippen LogP contribution in [0.3, 0.4) is 0 Å². The Kier molecular flexibility index (Phi) is 4.24. The molecule has 1 unspecified atom stereocenters. The number of fused-ring (bicyclic) bond motifs is 1. The van der Waals surface area contributed by atoms with Crippen LogP contribution in [0.25, 0.3) is 0 Å². The minimum atomic E-state index is -0.812. The van der Waals surface area contributed by atoms with Crippen molar-refractivity contribution in [1.82, 2.24) is 5.32 Å². The number of hydrogen-bond acceptors (Lipinski definition) is 4. The van der Waals surface area contributed by atoms with E-state index in [1.54, 1.807) is 23.1 Å². The predicted octanol–water partition coefficient (Wildman–Crippen LogP) is 0.264. The highest BCUT2D eigenvalue weighted by atomic mass is 16.5. The third-order valence-corrected chi connectivity index (χ3v) is 3.05. The number of nitrogens with one attached hydrogen (secondary N) is 1. The Labute approximate surface area is 117 Å². The van der Waals surface area contributed by atoms with Gasteiger partial charge in [-0.15, -0.1) is 0 Å². The number of benzene rings is 1. The number of rotatable bonds is 4. The monoisotopic (exact) mass is 277 g/mol. The van der Waals surface area contributed by atoms with Crippen molar-refractivity contribution in [2.24, 2.45) is 5.73 Å². The van der Waals surface area contributed by atoms with E-state index in [1.807, 2.05) is 19.9 Å². The molecule has 6 heteroatoms. The lowest BCUT2D eigenvalue weighted by atomic mass is 10.1. The van der Waals surface area contributed by atoms with Gasteiger partial charge in [0.25, 0.3) is 5.91 Å². The largest absolute Gasteiger partial charge is 0.477 e. The van der Waals surface area contributed by atoms with Crippen LogP contribution in [0.5, 0.6) is 5.75 Å². The summed E-state index contributed by atoms with van der Waals surface area (Å²) in [7, 11) is 0. The maximum absolute atomic E-state index is 12.3. The average molecular weight is 277 g/mol. The standard InChI is InChI=1S/C14H19N3O3/c1-9(2)16-7-13(18)17-8-12(14(15)19)20-11-6-4-3-5-10(11)17/h3-6,9,12,16H,7-8H2,1-2H3,(H2,15,19). The normalized spacial score (nSPS) is 17.6. The Bertz CT molecular complexity index is 516. The Balaban J connectivity index is 2.22. The number of para-hydroxylation sites is 2. The smallest absolute Gasteiger partial charge is 0.260 e. The van der Waals surface area contributed by atoms with Crippen LogP contribution in [0.2, 0.25) is 0 Å². The van der Waals surface area contributed by atoms with Crippen LogP contribution in [0.1, 0.15) is 13.8 Å². The van der Waals surface area contributed by atoms with Crippen molar-refractivity contribution in [2.75, 3.05) is 18.0 Å². The van der Waals surface area contributed by atoms with Gasteiger partial charge in [0.2, 0.25) is 5.91 Å². The summed E-state index contributed by atoms with van der Waals surface area (Å²) in [5, 5.41) is 3.07. The zero-order valence-electron chi connectivity index (χ0n) is 11.6. The lowest BCUT2D eigenvalue weighted by molar-refractivity contribution is -0.125. The SMILES string of the molecule is CC(C)NCC(=O)N1CC(C(N)=O)Oc2ccccc21. The molecule has 1 aliphatic rings. The van der Waals surface area contributed by atoms with Crippen molar-refractivity contribution in [3.63, 3.8) is 0 Å². The van der Waals surface area contributed by atoms with E-state index in [2.05, 4.69) is 5.32 Å². The number of carbonyl (C=O) groups excluding carboxylic acids is 2. The van der Waals surface area contributed by atoms with E-state index in [0.29, 0.717) is 11.4 Å². The van der Waals surface area contributed by atoms with Crippen molar-refractivity contribution < 1.29 is 14.3 Å². The molecule has 0 saturated carbocycles. The summed E-state index contributed by atoms with van der Waals surface area (Å²) in [6.45, 7) is 4.28. The molecule has 0 radical (unpaired) electrons. The van der Waals surface area contributed by atoms with Crippen molar-refractivity contribution in [2.45, 2.75) is 26.0 Å². The third-order valence-electron chi connectivity index (χ3n) is 3.05. The summed E-state index contributed by atoms with van der Waals surface area (Å²) in [5.74, 6) is -0.185. The molecule has 0 fully saturated rings. The summed E-state index contributed by atoms with van der Waals surface area (Å²) in [4.78, 5) is 25.2. The van der Waals surface area contributed by atoms with Crippen LogP contribution in [0.4, 0.5) is 5.69 Å². The maximum Gasteiger partial charge on any atom is 0.260 e. The number of primary amides is 1. The molecule has 0 aliphatic carbocycles. The number of amides is 2. The summed E-state index contributed by atoms with van der Waals surface area (Å²) in [6.07, 6.45) is -0.812. The topological polar surface area (TPSA) is 84.7 Å². The first-order valence-corrected chi connectivity index (χ1v) is 6.57. The van der Waals surface area contributed by atoms with Crippen LogP contribution < -0.4 is 20.7 Å². The summed E-state index contributed by atoms with van der Waals surface area (Å²) < 4.78 is 5.51. The second-order valence-electron chi connectivity index (χ2n) is 5.02. The third kappa shape index (κ3) is 3.08. The molecule has 1 aromatic rings. The molecule has 0 bridgehead atoms. The van der Waals surface area contributed by atoms with Crippen LogP contribution in [0, 0.1) is 0 Å². The molecule has 1 atom stereocenters. The van der Waals surface area contributed by atoms with Crippen LogP contribution >= 0.6 is 0 Å². The Hall–Kier alpha value is -2.08. The summed E-state index contributed by atoms with van der Waals surface area (Å²) in [6, 6.07) is 7.34. The van der Waals surface area contributed by atoms with Gasteiger partial charge in [-0.25, -0.2) is 0 Å². The van der Waals surface area contributed by atoms with E-state index in [0.717, 1.165) is 0 Å². The van der Waals surface area contributed by atoms with Gasteiger partial charge in [-0.3, -0.25) is 9.59 Å². The molecule has 3 N–H and O–H groups in total. The second kappa shape index (κ2) is 5.92. The number of hydrogen-bond donors (Lipinski definition) is 2. The van der Waals surface area contributed by atoms with Gasteiger partial charge in [0.15, 0.2) is 6.10 Å². The first-order chi connectivity index (χ1) is 9.49. The minimum Gasteiger partial charge on any atom is -0.477 e. The number of nitrogens with two attached hydrogens (primary N) is 1. The fourth-order valence-electron chi connectivity index (χ4n) is 2.01. The number of nitrogens with zero attached hydrogens (tertiary/aromatic N) is 1. The fourth-order valence-corrected chi connectivity index (χ4v) is 2.01. The second-order valence-corrected chi connectivity index (χ2v) is 5.02. The van der Waals surface area contributed by atoms with Gasteiger partial charge < -0.3 is 20.7 Å². The number of carbonyl (C=O) groups is 2. The fraction of sp³-hybridized carbons (Fsp3) is 0.429. The Morgan fingerprint density at radius 2 is 2.15 bits per heavy atom. The highest BCUT2D eigenvalue weighted by molar-refractivity contribution is 5.98. The number of anilines is 1. The summed E-state index contributed by atoms with van der Waals surface area (Å²) >= 11 is 0. The van der Waals surface area contributed by atoms with Crippen LogP contribution in [-0.2, 0) is 9.59 Å². The molecule has 0 aromatic heterocycles. The van der Waals surface area contributed by atoms with Gasteiger partial charge in [-0.1, -0.05) is 26.0 Å². The van der Waals surface area contributed by atoms with E-state index in [4.69, 9.17) is 10.5 Å². The Morgan fingerprint density at radius 3 is 2.80 bits per heavy atom. The highest BCUT2D eigenvalue weighted by Crippen LogP contribution is 2.32. The van der Waals surface area contributed by atoms with Gasteiger partial charge in [-0.05, 0) is 12.1 Å². The molecule has 108 valence electrons. The Morgan fingerprint density at radius 1 is 1.45 bits per heavy atom. The average Bonchev–Trinajstić information content (AvgIpc) is 2.43. The number of ether oxygens (including phenoxy) is 1. The molecule has 1 heterocycles. The van der Waals surface area contributed by atoms with E-state index < -0.39 is 12.0 Å². The maximum atomic E-state index is 12.3. The molecular weight excluding hydrogens is 258 g/mol. The molecular formula is C14H19N3O3. The molecule has 0 spiro atoms. The molecule has 2 rings (SSSR count). The molecule has 0 saturated heterocycles. The van der Waals surface area contributed by atoms with Crippen molar-refractivity contribution >= 4 is 17.5 Å². The van der Waals surface area contributed by atoms with Crippen molar-refractivity contribution in [3.05, 3.63) is 24.3 Å². The van der Waals surface area contributed by atoms with Gasteiger partial charge in [0.05, 0.1) is 18.8 Å². The lowest BCUT2D eigenvalue weighted by Gasteiger charge is -2.33. The van der Waals surface area contributed by atoms with Crippen molar-refractivity contribution in [3.8, 4) is 5.75 Å². The van der Waals surface area contributed by atoms with Crippen molar-refractivity contribution in [1.29, 1.82) is 0 Å². The molecule has 1 aromatic carbocycles. The first-order valence-electron chi connectivity index (χ1n) is 6.57. The van der Waals surface area contributed by atoms with E-state index in [-0.39, 0.29) is 25.0 Å². The van der Waals surface area contributed by atoms with Gasteiger partial charge >= 0.3 is 0 Å². The molecule has 1 aliphatic heterocycles. The minimum absolute atomic E-state index is 0.110. The predicted molar refractivity (Wildman–Crippen MR) is 75.5 cm³/mol. The highest BCUT2D eigenvalue weighted by Gasteiger charge is 2.32.